The molecule has 19 heavy (non-hydrogen) atoms. The van der Waals surface area contributed by atoms with Gasteiger partial charge in [0, 0.05) is 12.3 Å². The Bertz CT molecular complexity index is 351. The molecule has 0 radical (unpaired) electrons. The number of aliphatic carboxylic acids is 1. The molecule has 1 N–H and O–H groups in total. The Labute approximate surface area is 112 Å². The minimum absolute atomic E-state index is 0.0498. The van der Waals surface area contributed by atoms with Crippen molar-refractivity contribution in [3.05, 3.63) is 0 Å². The first-order valence-electron chi connectivity index (χ1n) is 5.69. The SMILES string of the molecule is CCCN(CC(F)(F)F)C(=O)N1CSCC1C(=O)O. The molecule has 9 heteroatoms. The Morgan fingerprint density at radius 2 is 2.11 bits per heavy atom. The predicted molar refractivity (Wildman–Crippen MR) is 63.9 cm³/mol. The molecule has 0 aliphatic carbocycles. The van der Waals surface area contributed by atoms with Gasteiger partial charge >= 0.3 is 18.2 Å². The molecule has 1 rings (SSSR count). The summed E-state index contributed by atoms with van der Waals surface area (Å²) < 4.78 is 37.2. The van der Waals surface area contributed by atoms with Crippen molar-refractivity contribution < 1.29 is 27.9 Å². The molecule has 5 nitrogen and oxygen atoms in total. The summed E-state index contributed by atoms with van der Waals surface area (Å²) in [5, 5.41) is 8.93. The minimum atomic E-state index is -4.49. The second-order valence-electron chi connectivity index (χ2n) is 4.14. The van der Waals surface area contributed by atoms with Gasteiger partial charge in [0.05, 0.1) is 5.88 Å². The van der Waals surface area contributed by atoms with E-state index in [1.165, 1.54) is 11.8 Å². The smallest absolute Gasteiger partial charge is 0.406 e. The molecular weight excluding hydrogens is 285 g/mol. The van der Waals surface area contributed by atoms with E-state index in [0.717, 1.165) is 4.90 Å². The lowest BCUT2D eigenvalue weighted by Crippen LogP contribution is -2.51. The van der Waals surface area contributed by atoms with Crippen LogP contribution in [0.5, 0.6) is 0 Å². The number of thioether (sulfide) groups is 1. The van der Waals surface area contributed by atoms with E-state index < -0.39 is 30.8 Å². The zero-order valence-corrected chi connectivity index (χ0v) is 11.1. The number of amides is 2. The highest BCUT2D eigenvalue weighted by atomic mass is 32.2. The molecule has 0 bridgehead atoms. The first-order chi connectivity index (χ1) is 8.76. The van der Waals surface area contributed by atoms with Crippen LogP contribution in [0, 0.1) is 0 Å². The van der Waals surface area contributed by atoms with Gasteiger partial charge in [0.2, 0.25) is 0 Å². The summed E-state index contributed by atoms with van der Waals surface area (Å²) in [5.74, 6) is -0.886. The van der Waals surface area contributed by atoms with Crippen molar-refractivity contribution in [2.24, 2.45) is 0 Å². The molecule has 0 aromatic rings. The molecule has 1 atom stereocenters. The molecule has 0 saturated carbocycles. The first-order valence-corrected chi connectivity index (χ1v) is 6.84. The standard InChI is InChI=1S/C10H15F3N2O3S/c1-2-3-14(5-10(11,12)13)9(18)15-6-19-4-7(15)8(16)17/h7H,2-6H2,1H3,(H,16,17). The van der Waals surface area contributed by atoms with Gasteiger partial charge in [-0.05, 0) is 6.42 Å². The van der Waals surface area contributed by atoms with Crippen LogP contribution >= 0.6 is 11.8 Å². The zero-order valence-electron chi connectivity index (χ0n) is 10.3. The number of alkyl halides is 3. The topological polar surface area (TPSA) is 60.9 Å². The molecule has 1 fully saturated rings. The van der Waals surface area contributed by atoms with Gasteiger partial charge in [-0.25, -0.2) is 9.59 Å². The highest BCUT2D eigenvalue weighted by Gasteiger charge is 2.40. The predicted octanol–water partition coefficient (Wildman–Crippen LogP) is 1.84. The van der Waals surface area contributed by atoms with E-state index in [2.05, 4.69) is 0 Å². The summed E-state index contributed by atoms with van der Waals surface area (Å²) in [5.41, 5.74) is 0. The van der Waals surface area contributed by atoms with Crippen LogP contribution in [0.25, 0.3) is 0 Å². The summed E-state index contributed by atoms with van der Waals surface area (Å²) >= 11 is 1.22. The lowest BCUT2D eigenvalue weighted by molar-refractivity contribution is -0.143. The maximum Gasteiger partial charge on any atom is 0.406 e. The third kappa shape index (κ3) is 4.48. The van der Waals surface area contributed by atoms with Crippen molar-refractivity contribution in [3.8, 4) is 0 Å². The third-order valence-corrected chi connectivity index (χ3v) is 3.56. The molecule has 1 unspecified atom stereocenters. The van der Waals surface area contributed by atoms with Gasteiger partial charge in [-0.15, -0.1) is 11.8 Å². The van der Waals surface area contributed by atoms with Crippen molar-refractivity contribution in [3.63, 3.8) is 0 Å². The molecule has 2 amide bonds. The van der Waals surface area contributed by atoms with E-state index in [1.807, 2.05) is 0 Å². The molecule has 110 valence electrons. The number of carboxylic acid groups (broad SMARTS) is 1. The lowest BCUT2D eigenvalue weighted by Gasteiger charge is -2.30. The number of hydrogen-bond acceptors (Lipinski definition) is 3. The molecule has 0 aromatic heterocycles. The summed E-state index contributed by atoms with van der Waals surface area (Å²) in [4.78, 5) is 24.6. The van der Waals surface area contributed by atoms with Gasteiger partial charge in [0.1, 0.15) is 12.6 Å². The van der Waals surface area contributed by atoms with Gasteiger partial charge in [0.15, 0.2) is 0 Å². The quantitative estimate of drug-likeness (QED) is 0.860. The fourth-order valence-corrected chi connectivity index (χ4v) is 2.88. The largest absolute Gasteiger partial charge is 0.480 e. The van der Waals surface area contributed by atoms with Crippen LogP contribution in [0.1, 0.15) is 13.3 Å². The molecule has 1 heterocycles. The van der Waals surface area contributed by atoms with Crippen molar-refractivity contribution in [2.75, 3.05) is 24.7 Å². The number of carbonyl (C=O) groups excluding carboxylic acids is 1. The lowest BCUT2D eigenvalue weighted by atomic mass is 10.3. The molecular formula is C10H15F3N2O3S. The maximum absolute atomic E-state index is 12.4. The van der Waals surface area contributed by atoms with E-state index >= 15 is 0 Å². The maximum atomic E-state index is 12.4. The molecule has 1 aliphatic rings. The van der Waals surface area contributed by atoms with E-state index in [9.17, 15) is 22.8 Å². The molecule has 1 saturated heterocycles. The third-order valence-electron chi connectivity index (χ3n) is 2.55. The van der Waals surface area contributed by atoms with E-state index in [0.29, 0.717) is 11.3 Å². The van der Waals surface area contributed by atoms with Crippen LogP contribution in [-0.2, 0) is 4.79 Å². The van der Waals surface area contributed by atoms with Crippen LogP contribution in [0.15, 0.2) is 0 Å². The van der Waals surface area contributed by atoms with Crippen molar-refractivity contribution in [1.29, 1.82) is 0 Å². The molecule has 0 aromatic carbocycles. The van der Waals surface area contributed by atoms with Crippen molar-refractivity contribution in [1.82, 2.24) is 9.80 Å². The Balaban J connectivity index is 2.78. The van der Waals surface area contributed by atoms with Gasteiger partial charge in [-0.3, -0.25) is 0 Å². The monoisotopic (exact) mass is 300 g/mol. The highest BCUT2D eigenvalue weighted by Crippen LogP contribution is 2.24. The highest BCUT2D eigenvalue weighted by molar-refractivity contribution is 7.99. The number of urea groups is 1. The molecule has 0 spiro atoms. The number of hydrogen-bond donors (Lipinski definition) is 1. The minimum Gasteiger partial charge on any atom is -0.480 e. The van der Waals surface area contributed by atoms with Crippen molar-refractivity contribution in [2.45, 2.75) is 25.6 Å². The van der Waals surface area contributed by atoms with Gasteiger partial charge in [-0.2, -0.15) is 13.2 Å². The van der Waals surface area contributed by atoms with Gasteiger partial charge < -0.3 is 14.9 Å². The first kappa shape index (κ1) is 15.9. The van der Waals surface area contributed by atoms with Crippen LogP contribution in [0.4, 0.5) is 18.0 Å². The normalized spacial score (nSPS) is 19.6. The Hall–Kier alpha value is -1.12. The fraction of sp³-hybridized carbons (Fsp3) is 0.800. The molecule has 1 aliphatic heterocycles. The average molecular weight is 300 g/mol. The van der Waals surface area contributed by atoms with Crippen LogP contribution in [-0.4, -0.2) is 63.8 Å². The number of carbonyl (C=O) groups is 2. The van der Waals surface area contributed by atoms with E-state index in [-0.39, 0.29) is 18.2 Å². The van der Waals surface area contributed by atoms with Crippen LogP contribution in [0.2, 0.25) is 0 Å². The average Bonchev–Trinajstić information content (AvgIpc) is 2.74. The zero-order chi connectivity index (χ0) is 14.6. The number of rotatable bonds is 4. The Kier molecular flexibility index (Phi) is 5.33. The van der Waals surface area contributed by atoms with E-state index in [4.69, 9.17) is 5.11 Å². The second-order valence-corrected chi connectivity index (χ2v) is 5.14. The van der Waals surface area contributed by atoms with E-state index in [1.54, 1.807) is 6.92 Å². The summed E-state index contributed by atoms with van der Waals surface area (Å²) in [6.45, 7) is 0.253. The Morgan fingerprint density at radius 1 is 1.47 bits per heavy atom. The number of carboxylic acids is 1. The summed E-state index contributed by atoms with van der Waals surface area (Å²) in [7, 11) is 0. The van der Waals surface area contributed by atoms with Gasteiger partial charge in [-0.1, -0.05) is 6.92 Å². The summed E-state index contributed by atoms with van der Waals surface area (Å²) in [6, 6.07) is -1.92. The van der Waals surface area contributed by atoms with Crippen LogP contribution in [0.3, 0.4) is 0 Å². The number of halogens is 3. The number of nitrogens with zero attached hydrogens (tertiary/aromatic N) is 2. The van der Waals surface area contributed by atoms with Crippen molar-refractivity contribution >= 4 is 23.8 Å². The van der Waals surface area contributed by atoms with Crippen LogP contribution < -0.4 is 0 Å². The second kappa shape index (κ2) is 6.36. The Morgan fingerprint density at radius 3 is 2.58 bits per heavy atom. The van der Waals surface area contributed by atoms with Gasteiger partial charge in [0.25, 0.3) is 0 Å². The summed E-state index contributed by atoms with van der Waals surface area (Å²) in [6.07, 6.45) is -4.11. The fourth-order valence-electron chi connectivity index (χ4n) is 1.75.